The molecule has 0 atom stereocenters. The summed E-state index contributed by atoms with van der Waals surface area (Å²) in [5.41, 5.74) is 2.54. The van der Waals surface area contributed by atoms with Crippen LogP contribution >= 0.6 is 11.8 Å². The molecule has 1 aliphatic heterocycles. The maximum Gasteiger partial charge on any atom is 0.270 e. The third-order valence-corrected chi connectivity index (χ3v) is 6.13. The Hall–Kier alpha value is -3.65. The lowest BCUT2D eigenvalue weighted by molar-refractivity contribution is -0.384. The first-order valence-electron chi connectivity index (χ1n) is 10.7. The average Bonchev–Trinajstić information content (AvgIpc) is 3.39. The van der Waals surface area contributed by atoms with Crippen LogP contribution in [0.2, 0.25) is 0 Å². The predicted molar refractivity (Wildman–Crippen MR) is 131 cm³/mol. The van der Waals surface area contributed by atoms with E-state index in [9.17, 15) is 14.9 Å². The number of carbonyl (C=O) groups is 1. The van der Waals surface area contributed by atoms with E-state index < -0.39 is 4.92 Å². The molecule has 0 spiro atoms. The minimum absolute atomic E-state index is 0.00569. The highest BCUT2D eigenvalue weighted by Gasteiger charge is 2.33. The second kappa shape index (κ2) is 9.87. The summed E-state index contributed by atoms with van der Waals surface area (Å²) in [6.45, 7) is 4.70. The van der Waals surface area contributed by atoms with Gasteiger partial charge in [0.15, 0.2) is 5.17 Å². The molecule has 2 aromatic carbocycles. The average molecular weight is 462 g/mol. The van der Waals surface area contributed by atoms with E-state index >= 15 is 0 Å². The number of amides is 1. The highest BCUT2D eigenvalue weighted by molar-refractivity contribution is 8.18. The summed E-state index contributed by atoms with van der Waals surface area (Å²) in [6.07, 6.45) is 3.55. The first-order chi connectivity index (χ1) is 15.9. The summed E-state index contributed by atoms with van der Waals surface area (Å²) in [4.78, 5) is 30.7. The SMILES string of the molecule is CCCCN1C(=O)/C(=C\c2ccc(-c3cccc([N+](=O)[O-])c3)o2)SC1=Nc1ccc(C)cc1. The molecule has 33 heavy (non-hydrogen) atoms. The Morgan fingerprint density at radius 1 is 1.15 bits per heavy atom. The van der Waals surface area contributed by atoms with E-state index in [1.807, 2.05) is 31.2 Å². The molecule has 1 saturated heterocycles. The number of furan rings is 1. The molecule has 168 valence electrons. The summed E-state index contributed by atoms with van der Waals surface area (Å²) >= 11 is 1.32. The van der Waals surface area contributed by atoms with Gasteiger partial charge in [0.25, 0.3) is 11.6 Å². The Morgan fingerprint density at radius 2 is 1.94 bits per heavy atom. The number of nitro groups is 1. The smallest absolute Gasteiger partial charge is 0.270 e. The van der Waals surface area contributed by atoms with Crippen molar-refractivity contribution >= 4 is 40.3 Å². The van der Waals surface area contributed by atoms with Crippen LogP contribution in [0.3, 0.4) is 0 Å². The van der Waals surface area contributed by atoms with Crippen molar-refractivity contribution in [2.24, 2.45) is 4.99 Å². The number of hydrogen-bond acceptors (Lipinski definition) is 6. The number of amidine groups is 1. The van der Waals surface area contributed by atoms with Crippen molar-refractivity contribution in [3.63, 3.8) is 0 Å². The summed E-state index contributed by atoms with van der Waals surface area (Å²) in [7, 11) is 0. The highest BCUT2D eigenvalue weighted by atomic mass is 32.2. The fourth-order valence-electron chi connectivity index (χ4n) is 3.32. The van der Waals surface area contributed by atoms with Gasteiger partial charge in [-0.05, 0) is 49.4 Å². The van der Waals surface area contributed by atoms with Crippen LogP contribution in [0.1, 0.15) is 31.1 Å². The van der Waals surface area contributed by atoms with Crippen molar-refractivity contribution in [3.05, 3.63) is 87.0 Å². The van der Waals surface area contributed by atoms with Crippen LogP contribution < -0.4 is 0 Å². The molecular formula is C25H23N3O4S. The van der Waals surface area contributed by atoms with Crippen LogP contribution in [-0.2, 0) is 4.79 Å². The van der Waals surface area contributed by atoms with E-state index in [0.717, 1.165) is 24.1 Å². The predicted octanol–water partition coefficient (Wildman–Crippen LogP) is 6.57. The van der Waals surface area contributed by atoms with Gasteiger partial charge < -0.3 is 4.42 Å². The fraction of sp³-hybridized carbons (Fsp3) is 0.200. The Bertz CT molecular complexity index is 1240. The molecule has 3 aromatic rings. The molecule has 1 aromatic heterocycles. The zero-order valence-electron chi connectivity index (χ0n) is 18.4. The van der Waals surface area contributed by atoms with Gasteiger partial charge in [0.1, 0.15) is 11.5 Å². The van der Waals surface area contributed by atoms with E-state index in [1.165, 1.54) is 23.9 Å². The monoisotopic (exact) mass is 461 g/mol. The third kappa shape index (κ3) is 5.23. The molecule has 1 aliphatic rings. The van der Waals surface area contributed by atoms with Gasteiger partial charge >= 0.3 is 0 Å². The molecule has 0 unspecified atom stereocenters. The number of rotatable bonds is 7. The molecule has 7 nitrogen and oxygen atoms in total. The number of thioether (sulfide) groups is 1. The lowest BCUT2D eigenvalue weighted by Gasteiger charge is -2.14. The second-order valence-electron chi connectivity index (χ2n) is 7.66. The Morgan fingerprint density at radius 3 is 2.67 bits per heavy atom. The molecular weight excluding hydrogens is 438 g/mol. The van der Waals surface area contributed by atoms with E-state index in [0.29, 0.717) is 33.7 Å². The number of benzene rings is 2. The summed E-state index contributed by atoms with van der Waals surface area (Å²) in [5.74, 6) is 0.893. The first-order valence-corrected chi connectivity index (χ1v) is 11.5. The number of aryl methyl sites for hydroxylation is 1. The van der Waals surface area contributed by atoms with Crippen molar-refractivity contribution in [2.75, 3.05) is 6.54 Å². The van der Waals surface area contributed by atoms with Crippen molar-refractivity contribution in [1.82, 2.24) is 4.90 Å². The van der Waals surface area contributed by atoms with Crippen molar-refractivity contribution in [2.45, 2.75) is 26.7 Å². The number of carbonyl (C=O) groups excluding carboxylic acids is 1. The largest absolute Gasteiger partial charge is 0.457 e. The molecule has 1 fully saturated rings. The lowest BCUT2D eigenvalue weighted by atomic mass is 10.1. The minimum Gasteiger partial charge on any atom is -0.457 e. The van der Waals surface area contributed by atoms with E-state index in [-0.39, 0.29) is 11.6 Å². The van der Waals surface area contributed by atoms with Gasteiger partial charge in [0, 0.05) is 30.3 Å². The van der Waals surface area contributed by atoms with Crippen molar-refractivity contribution in [3.8, 4) is 11.3 Å². The quantitative estimate of drug-likeness (QED) is 0.226. The molecule has 0 aliphatic carbocycles. The zero-order chi connectivity index (χ0) is 23.4. The third-order valence-electron chi connectivity index (χ3n) is 5.12. The standard InChI is InChI=1S/C25H23N3O4S/c1-3-4-14-27-24(29)23(33-25(27)26-19-10-8-17(2)9-11-19)16-21-12-13-22(32-21)18-6-5-7-20(15-18)28(30)31/h5-13,15-16H,3-4,14H2,1-2H3/b23-16+,26-25?. The van der Waals surface area contributed by atoms with Gasteiger partial charge in [0.2, 0.25) is 0 Å². The lowest BCUT2D eigenvalue weighted by Crippen LogP contribution is -2.30. The van der Waals surface area contributed by atoms with Gasteiger partial charge in [-0.25, -0.2) is 4.99 Å². The normalized spacial score (nSPS) is 16.2. The molecule has 0 bridgehead atoms. The van der Waals surface area contributed by atoms with Gasteiger partial charge in [-0.2, -0.15) is 0 Å². The highest BCUT2D eigenvalue weighted by Crippen LogP contribution is 2.35. The maximum atomic E-state index is 13.1. The summed E-state index contributed by atoms with van der Waals surface area (Å²) in [5, 5.41) is 11.7. The molecule has 1 amide bonds. The molecule has 0 saturated carbocycles. The topological polar surface area (TPSA) is 89.0 Å². The van der Waals surface area contributed by atoms with Crippen LogP contribution in [0, 0.1) is 17.0 Å². The number of aliphatic imine (C=N–C) groups is 1. The summed E-state index contributed by atoms with van der Waals surface area (Å²) < 4.78 is 5.87. The molecule has 2 heterocycles. The number of unbranched alkanes of at least 4 members (excludes halogenated alkanes) is 1. The maximum absolute atomic E-state index is 13.1. The van der Waals surface area contributed by atoms with E-state index in [1.54, 1.807) is 35.2 Å². The van der Waals surface area contributed by atoms with E-state index in [4.69, 9.17) is 9.41 Å². The zero-order valence-corrected chi connectivity index (χ0v) is 19.2. The van der Waals surface area contributed by atoms with Gasteiger partial charge in [0.05, 0.1) is 15.5 Å². The van der Waals surface area contributed by atoms with Crippen LogP contribution in [-0.4, -0.2) is 27.4 Å². The van der Waals surface area contributed by atoms with Crippen molar-refractivity contribution < 1.29 is 14.1 Å². The van der Waals surface area contributed by atoms with Crippen LogP contribution in [0.15, 0.2) is 75.0 Å². The Kier molecular flexibility index (Phi) is 6.74. The number of nitro benzene ring substituents is 1. The van der Waals surface area contributed by atoms with Gasteiger partial charge in [-0.3, -0.25) is 19.8 Å². The Balaban J connectivity index is 1.61. The molecule has 4 rings (SSSR count). The van der Waals surface area contributed by atoms with Gasteiger partial charge in [-0.15, -0.1) is 0 Å². The number of nitrogens with zero attached hydrogens (tertiary/aromatic N) is 3. The second-order valence-corrected chi connectivity index (χ2v) is 8.67. The van der Waals surface area contributed by atoms with Crippen LogP contribution in [0.25, 0.3) is 17.4 Å². The first kappa shape index (κ1) is 22.5. The molecule has 0 radical (unpaired) electrons. The van der Waals surface area contributed by atoms with Crippen LogP contribution in [0.5, 0.6) is 0 Å². The number of non-ortho nitro benzene ring substituents is 1. The minimum atomic E-state index is -0.442. The van der Waals surface area contributed by atoms with E-state index in [2.05, 4.69) is 6.92 Å². The molecule has 0 N–H and O–H groups in total. The number of hydrogen-bond donors (Lipinski definition) is 0. The fourth-order valence-corrected chi connectivity index (χ4v) is 4.33. The summed E-state index contributed by atoms with van der Waals surface area (Å²) in [6, 6.07) is 17.6. The Labute approximate surface area is 196 Å². The van der Waals surface area contributed by atoms with Crippen LogP contribution in [0.4, 0.5) is 11.4 Å². The van der Waals surface area contributed by atoms with Crippen molar-refractivity contribution in [1.29, 1.82) is 0 Å². The molecule has 8 heteroatoms. The van der Waals surface area contributed by atoms with Gasteiger partial charge in [-0.1, -0.05) is 43.2 Å².